The van der Waals surface area contributed by atoms with Gasteiger partial charge in [-0.3, -0.25) is 0 Å². The van der Waals surface area contributed by atoms with E-state index < -0.39 is 0 Å². The fourth-order valence-corrected chi connectivity index (χ4v) is 1.13. The van der Waals surface area contributed by atoms with Gasteiger partial charge in [0.2, 0.25) is 0 Å². The first kappa shape index (κ1) is 11.0. The molecule has 0 heterocycles. The molecule has 0 fully saturated rings. The Bertz CT molecular complexity index is 256. The van der Waals surface area contributed by atoms with Crippen LogP contribution in [0.5, 0.6) is 5.75 Å². The van der Waals surface area contributed by atoms with Gasteiger partial charge in [0.05, 0.1) is 6.61 Å². The van der Waals surface area contributed by atoms with Crippen LogP contribution in [0.2, 0.25) is 0 Å². The molecular weight excluding hydrogens is 180 g/mol. The van der Waals surface area contributed by atoms with Crippen LogP contribution in [-0.2, 0) is 11.3 Å². The molecule has 1 aromatic rings. The number of ether oxygens (including phenoxy) is 2. The molecule has 1 unspecified atom stereocenters. The highest BCUT2D eigenvalue weighted by Crippen LogP contribution is 2.14. The van der Waals surface area contributed by atoms with Gasteiger partial charge in [-0.15, -0.1) is 0 Å². The first-order valence-electron chi connectivity index (χ1n) is 4.74. The van der Waals surface area contributed by atoms with Crippen LogP contribution in [0.4, 0.5) is 0 Å². The van der Waals surface area contributed by atoms with Gasteiger partial charge in [0.15, 0.2) is 6.29 Å². The summed E-state index contributed by atoms with van der Waals surface area (Å²) in [4.78, 5) is 0. The third-order valence-electron chi connectivity index (χ3n) is 1.81. The quantitative estimate of drug-likeness (QED) is 0.731. The standard InChI is InChI=1S/C11H16O3/c1-3-13-9(2)14-11-6-4-10(8-12)5-7-11/h4-7,9,12H,3,8H2,1-2H3. The fraction of sp³-hybridized carbons (Fsp3) is 0.455. The van der Waals surface area contributed by atoms with E-state index in [1.165, 1.54) is 0 Å². The van der Waals surface area contributed by atoms with Crippen molar-refractivity contribution in [2.75, 3.05) is 6.61 Å². The molecule has 0 saturated carbocycles. The molecule has 0 spiro atoms. The minimum absolute atomic E-state index is 0.0568. The smallest absolute Gasteiger partial charge is 0.196 e. The monoisotopic (exact) mass is 196 g/mol. The van der Waals surface area contributed by atoms with Crippen LogP contribution in [0.25, 0.3) is 0 Å². The minimum Gasteiger partial charge on any atom is -0.465 e. The third-order valence-corrected chi connectivity index (χ3v) is 1.81. The maximum atomic E-state index is 8.83. The Morgan fingerprint density at radius 3 is 2.43 bits per heavy atom. The Balaban J connectivity index is 2.50. The van der Waals surface area contributed by atoms with Gasteiger partial charge in [0, 0.05) is 6.61 Å². The summed E-state index contributed by atoms with van der Waals surface area (Å²) in [5, 5.41) is 8.83. The Hall–Kier alpha value is -1.06. The summed E-state index contributed by atoms with van der Waals surface area (Å²) in [6.07, 6.45) is -0.236. The lowest BCUT2D eigenvalue weighted by molar-refractivity contribution is -0.0613. The van der Waals surface area contributed by atoms with Gasteiger partial charge >= 0.3 is 0 Å². The molecule has 0 aliphatic rings. The van der Waals surface area contributed by atoms with E-state index in [1.54, 1.807) is 0 Å². The Morgan fingerprint density at radius 1 is 1.29 bits per heavy atom. The molecule has 0 amide bonds. The van der Waals surface area contributed by atoms with Gasteiger partial charge in [-0.2, -0.15) is 0 Å². The third kappa shape index (κ3) is 3.36. The van der Waals surface area contributed by atoms with Gasteiger partial charge in [0.1, 0.15) is 5.75 Å². The van der Waals surface area contributed by atoms with Crippen LogP contribution in [0.3, 0.4) is 0 Å². The molecule has 1 aromatic carbocycles. The molecule has 0 aromatic heterocycles. The van der Waals surface area contributed by atoms with Crippen LogP contribution >= 0.6 is 0 Å². The van der Waals surface area contributed by atoms with Crippen molar-refractivity contribution in [3.8, 4) is 5.75 Å². The van der Waals surface area contributed by atoms with Crippen molar-refractivity contribution in [3.05, 3.63) is 29.8 Å². The van der Waals surface area contributed by atoms with Crippen molar-refractivity contribution in [2.45, 2.75) is 26.7 Å². The van der Waals surface area contributed by atoms with Gasteiger partial charge < -0.3 is 14.6 Å². The molecule has 0 radical (unpaired) electrons. The van der Waals surface area contributed by atoms with Crippen LogP contribution in [0.15, 0.2) is 24.3 Å². The van der Waals surface area contributed by atoms with Crippen LogP contribution in [0.1, 0.15) is 19.4 Å². The Morgan fingerprint density at radius 2 is 1.93 bits per heavy atom. The zero-order valence-electron chi connectivity index (χ0n) is 8.56. The zero-order valence-corrected chi connectivity index (χ0v) is 8.56. The molecule has 1 N–H and O–H groups in total. The average Bonchev–Trinajstić information content (AvgIpc) is 2.19. The summed E-state index contributed by atoms with van der Waals surface area (Å²) in [7, 11) is 0. The number of rotatable bonds is 5. The second-order valence-electron chi connectivity index (χ2n) is 2.94. The van der Waals surface area contributed by atoms with Crippen molar-refractivity contribution in [1.29, 1.82) is 0 Å². The van der Waals surface area contributed by atoms with Crippen molar-refractivity contribution >= 4 is 0 Å². The number of aliphatic hydroxyl groups is 1. The van der Waals surface area contributed by atoms with Crippen molar-refractivity contribution in [2.24, 2.45) is 0 Å². The molecule has 3 heteroatoms. The largest absolute Gasteiger partial charge is 0.465 e. The summed E-state index contributed by atoms with van der Waals surface area (Å²) in [6.45, 7) is 4.47. The second-order valence-corrected chi connectivity index (χ2v) is 2.94. The number of hydrogen-bond donors (Lipinski definition) is 1. The van der Waals surface area contributed by atoms with Crippen molar-refractivity contribution in [3.63, 3.8) is 0 Å². The molecule has 0 aliphatic carbocycles. The summed E-state index contributed by atoms with van der Waals surface area (Å²) < 4.78 is 10.7. The number of aliphatic hydroxyl groups excluding tert-OH is 1. The van der Waals surface area contributed by atoms with E-state index in [0.29, 0.717) is 6.61 Å². The Labute approximate surface area is 84.3 Å². The molecule has 78 valence electrons. The average molecular weight is 196 g/mol. The van der Waals surface area contributed by atoms with Crippen molar-refractivity contribution in [1.82, 2.24) is 0 Å². The lowest BCUT2D eigenvalue weighted by Crippen LogP contribution is -2.15. The first-order chi connectivity index (χ1) is 6.76. The maximum absolute atomic E-state index is 8.83. The molecule has 0 aliphatic heterocycles. The predicted molar refractivity (Wildman–Crippen MR) is 54.1 cm³/mol. The second kappa shape index (κ2) is 5.62. The van der Waals surface area contributed by atoms with Crippen LogP contribution < -0.4 is 4.74 Å². The minimum atomic E-state index is -0.236. The van der Waals surface area contributed by atoms with E-state index in [0.717, 1.165) is 11.3 Å². The van der Waals surface area contributed by atoms with Gasteiger partial charge in [-0.1, -0.05) is 12.1 Å². The molecule has 14 heavy (non-hydrogen) atoms. The highest BCUT2D eigenvalue weighted by molar-refractivity contribution is 5.26. The van der Waals surface area contributed by atoms with Gasteiger partial charge in [0.25, 0.3) is 0 Å². The van der Waals surface area contributed by atoms with Crippen LogP contribution in [-0.4, -0.2) is 18.0 Å². The van der Waals surface area contributed by atoms with E-state index >= 15 is 0 Å². The fourth-order valence-electron chi connectivity index (χ4n) is 1.13. The normalized spacial score (nSPS) is 12.5. The highest BCUT2D eigenvalue weighted by atomic mass is 16.7. The molecule has 0 bridgehead atoms. The highest BCUT2D eigenvalue weighted by Gasteiger charge is 2.01. The zero-order chi connectivity index (χ0) is 10.4. The van der Waals surface area contributed by atoms with Crippen LogP contribution in [0, 0.1) is 0 Å². The molecule has 3 nitrogen and oxygen atoms in total. The van der Waals surface area contributed by atoms with Gasteiger partial charge in [-0.05, 0) is 31.5 Å². The SMILES string of the molecule is CCOC(C)Oc1ccc(CO)cc1. The first-order valence-corrected chi connectivity index (χ1v) is 4.74. The summed E-state index contributed by atoms with van der Waals surface area (Å²) in [5.41, 5.74) is 0.876. The predicted octanol–water partition coefficient (Wildman–Crippen LogP) is 1.94. The Kier molecular flexibility index (Phi) is 4.43. The molecule has 1 atom stereocenters. The number of benzene rings is 1. The van der Waals surface area contributed by atoms with E-state index in [1.807, 2.05) is 38.1 Å². The summed E-state index contributed by atoms with van der Waals surface area (Å²) in [6, 6.07) is 7.30. The van der Waals surface area contributed by atoms with E-state index in [4.69, 9.17) is 14.6 Å². The molecule has 1 rings (SSSR count). The van der Waals surface area contributed by atoms with Crippen molar-refractivity contribution < 1.29 is 14.6 Å². The molecule has 0 saturated heterocycles. The number of hydrogen-bond acceptors (Lipinski definition) is 3. The topological polar surface area (TPSA) is 38.7 Å². The molecular formula is C11H16O3. The maximum Gasteiger partial charge on any atom is 0.196 e. The van der Waals surface area contributed by atoms with E-state index in [2.05, 4.69) is 0 Å². The summed E-state index contributed by atoms with van der Waals surface area (Å²) >= 11 is 0. The van der Waals surface area contributed by atoms with Gasteiger partial charge in [-0.25, -0.2) is 0 Å². The lowest BCUT2D eigenvalue weighted by Gasteiger charge is -2.14. The van der Waals surface area contributed by atoms with E-state index in [9.17, 15) is 0 Å². The van der Waals surface area contributed by atoms with E-state index in [-0.39, 0.29) is 12.9 Å². The lowest BCUT2D eigenvalue weighted by atomic mass is 10.2. The summed E-state index contributed by atoms with van der Waals surface area (Å²) in [5.74, 6) is 0.753.